The molecule has 2 rings (SSSR count). The zero-order chi connectivity index (χ0) is 15.2. The molecule has 4 N–H and O–H groups in total. The fourth-order valence-electron chi connectivity index (χ4n) is 1.78. The van der Waals surface area contributed by atoms with Crippen LogP contribution in [0.4, 0.5) is 11.5 Å². The minimum Gasteiger partial charge on any atom is -0.490 e. The first-order valence-corrected chi connectivity index (χ1v) is 6.66. The number of amides is 1. The lowest BCUT2D eigenvalue weighted by Crippen LogP contribution is -2.12. The van der Waals surface area contributed by atoms with E-state index in [0.717, 1.165) is 0 Å². The number of aromatic nitrogens is 2. The zero-order valence-corrected chi connectivity index (χ0v) is 12.0. The van der Waals surface area contributed by atoms with E-state index in [1.165, 1.54) is 6.07 Å². The molecule has 0 unspecified atom stereocenters. The molecule has 0 aliphatic rings. The van der Waals surface area contributed by atoms with Gasteiger partial charge in [0.1, 0.15) is 11.5 Å². The van der Waals surface area contributed by atoms with Crippen molar-refractivity contribution in [2.45, 2.75) is 13.8 Å². The third-order valence-electron chi connectivity index (χ3n) is 2.64. The Kier molecular flexibility index (Phi) is 4.65. The van der Waals surface area contributed by atoms with Crippen LogP contribution in [0.2, 0.25) is 0 Å². The molecule has 0 aliphatic heterocycles. The number of nitrogens with zero attached hydrogens (tertiary/aromatic N) is 1. The SMILES string of the molecule is CCOc1ccc(NC(=O)c2cc(N)n[nH]2)cc1OCC. The van der Waals surface area contributed by atoms with Crippen LogP contribution in [-0.2, 0) is 0 Å². The summed E-state index contributed by atoms with van der Waals surface area (Å²) in [6, 6.07) is 6.68. The summed E-state index contributed by atoms with van der Waals surface area (Å²) in [4.78, 5) is 12.0. The number of nitrogens with one attached hydrogen (secondary N) is 2. The molecule has 7 heteroatoms. The number of H-pyrrole nitrogens is 1. The summed E-state index contributed by atoms with van der Waals surface area (Å²) < 4.78 is 11.0. The fraction of sp³-hybridized carbons (Fsp3) is 0.286. The lowest BCUT2D eigenvalue weighted by molar-refractivity contribution is 0.102. The number of ether oxygens (including phenoxy) is 2. The van der Waals surface area contributed by atoms with Gasteiger partial charge in [0.05, 0.1) is 13.2 Å². The summed E-state index contributed by atoms with van der Waals surface area (Å²) in [5.41, 5.74) is 6.36. The number of aromatic amines is 1. The van der Waals surface area contributed by atoms with Crippen LogP contribution in [0, 0.1) is 0 Å². The highest BCUT2D eigenvalue weighted by atomic mass is 16.5. The molecule has 1 heterocycles. The number of carbonyl (C=O) groups excluding carboxylic acids is 1. The number of hydrogen-bond acceptors (Lipinski definition) is 5. The van der Waals surface area contributed by atoms with Crippen molar-refractivity contribution in [1.29, 1.82) is 0 Å². The Morgan fingerprint density at radius 3 is 2.57 bits per heavy atom. The number of anilines is 2. The fourth-order valence-corrected chi connectivity index (χ4v) is 1.78. The van der Waals surface area contributed by atoms with Gasteiger partial charge in [-0.1, -0.05) is 0 Å². The van der Waals surface area contributed by atoms with Gasteiger partial charge in [-0.25, -0.2) is 0 Å². The Hall–Kier alpha value is -2.70. The van der Waals surface area contributed by atoms with Crippen LogP contribution in [0.15, 0.2) is 24.3 Å². The molecule has 1 amide bonds. The molecule has 112 valence electrons. The molecule has 0 aliphatic carbocycles. The van der Waals surface area contributed by atoms with Crippen LogP contribution in [0.5, 0.6) is 11.5 Å². The molecule has 7 nitrogen and oxygen atoms in total. The van der Waals surface area contributed by atoms with Crippen LogP contribution in [0.25, 0.3) is 0 Å². The smallest absolute Gasteiger partial charge is 0.273 e. The van der Waals surface area contributed by atoms with E-state index < -0.39 is 0 Å². The minimum absolute atomic E-state index is 0.266. The summed E-state index contributed by atoms with van der Waals surface area (Å²) >= 11 is 0. The third-order valence-corrected chi connectivity index (χ3v) is 2.64. The van der Waals surface area contributed by atoms with Gasteiger partial charge in [-0.05, 0) is 26.0 Å². The molecule has 0 saturated carbocycles. The highest BCUT2D eigenvalue weighted by Crippen LogP contribution is 2.30. The highest BCUT2D eigenvalue weighted by molar-refractivity contribution is 6.03. The van der Waals surface area contributed by atoms with Crippen LogP contribution in [0.3, 0.4) is 0 Å². The van der Waals surface area contributed by atoms with Crippen LogP contribution in [-0.4, -0.2) is 29.3 Å². The van der Waals surface area contributed by atoms with Crippen molar-refractivity contribution in [1.82, 2.24) is 10.2 Å². The molecule has 0 fully saturated rings. The number of rotatable bonds is 6. The monoisotopic (exact) mass is 290 g/mol. The Morgan fingerprint density at radius 2 is 1.95 bits per heavy atom. The van der Waals surface area contributed by atoms with Crippen molar-refractivity contribution >= 4 is 17.4 Å². The zero-order valence-electron chi connectivity index (χ0n) is 12.0. The Morgan fingerprint density at radius 1 is 1.24 bits per heavy atom. The van der Waals surface area contributed by atoms with Crippen LogP contribution in [0.1, 0.15) is 24.3 Å². The van der Waals surface area contributed by atoms with Gasteiger partial charge in [-0.3, -0.25) is 9.89 Å². The molecular weight excluding hydrogens is 272 g/mol. The van der Waals surface area contributed by atoms with E-state index in [1.807, 2.05) is 13.8 Å². The molecule has 1 aromatic heterocycles. The Balaban J connectivity index is 2.16. The maximum atomic E-state index is 12.0. The molecule has 1 aromatic carbocycles. The van der Waals surface area contributed by atoms with Crippen molar-refractivity contribution in [3.63, 3.8) is 0 Å². The van der Waals surface area contributed by atoms with E-state index in [9.17, 15) is 4.79 Å². The largest absolute Gasteiger partial charge is 0.490 e. The molecule has 0 radical (unpaired) electrons. The van der Waals surface area contributed by atoms with E-state index in [0.29, 0.717) is 36.1 Å². The van der Waals surface area contributed by atoms with Gasteiger partial charge in [0.15, 0.2) is 11.5 Å². The van der Waals surface area contributed by atoms with E-state index in [1.54, 1.807) is 18.2 Å². The quantitative estimate of drug-likeness (QED) is 0.755. The summed E-state index contributed by atoms with van der Waals surface area (Å²) in [5, 5.41) is 9.00. The van der Waals surface area contributed by atoms with Crippen molar-refractivity contribution < 1.29 is 14.3 Å². The van der Waals surface area contributed by atoms with Gasteiger partial charge in [-0.15, -0.1) is 0 Å². The lowest BCUT2D eigenvalue weighted by Gasteiger charge is -2.12. The average Bonchev–Trinajstić information content (AvgIpc) is 2.89. The second kappa shape index (κ2) is 6.65. The summed E-state index contributed by atoms with van der Waals surface area (Å²) in [5.74, 6) is 1.16. The van der Waals surface area contributed by atoms with Gasteiger partial charge in [0.25, 0.3) is 5.91 Å². The molecule has 0 atom stereocenters. The third kappa shape index (κ3) is 3.65. The molecule has 0 spiro atoms. The normalized spacial score (nSPS) is 10.2. The van der Waals surface area contributed by atoms with Crippen molar-refractivity contribution in [2.24, 2.45) is 0 Å². The topological polar surface area (TPSA) is 102 Å². The van der Waals surface area contributed by atoms with E-state index in [-0.39, 0.29) is 11.7 Å². The maximum Gasteiger partial charge on any atom is 0.273 e. The predicted molar refractivity (Wildman–Crippen MR) is 79.7 cm³/mol. The molecule has 2 aromatic rings. The van der Waals surface area contributed by atoms with Crippen LogP contribution < -0.4 is 20.5 Å². The van der Waals surface area contributed by atoms with E-state index in [4.69, 9.17) is 15.2 Å². The van der Waals surface area contributed by atoms with Gasteiger partial charge in [0, 0.05) is 17.8 Å². The number of nitrogens with two attached hydrogens (primary N) is 1. The Labute approximate surface area is 122 Å². The van der Waals surface area contributed by atoms with E-state index in [2.05, 4.69) is 15.5 Å². The van der Waals surface area contributed by atoms with Crippen molar-refractivity contribution in [3.05, 3.63) is 30.0 Å². The number of hydrogen-bond donors (Lipinski definition) is 3. The number of benzene rings is 1. The highest BCUT2D eigenvalue weighted by Gasteiger charge is 2.11. The molecule has 0 bridgehead atoms. The molecular formula is C14H18N4O3. The van der Waals surface area contributed by atoms with Crippen molar-refractivity contribution in [2.75, 3.05) is 24.3 Å². The second-order valence-electron chi connectivity index (χ2n) is 4.19. The lowest BCUT2D eigenvalue weighted by atomic mass is 10.2. The van der Waals surface area contributed by atoms with Gasteiger partial charge in [0.2, 0.25) is 0 Å². The minimum atomic E-state index is -0.328. The first-order valence-electron chi connectivity index (χ1n) is 6.66. The first-order chi connectivity index (χ1) is 10.1. The van der Waals surface area contributed by atoms with Gasteiger partial charge in [-0.2, -0.15) is 5.10 Å². The number of nitrogen functional groups attached to an aromatic ring is 1. The maximum absolute atomic E-state index is 12.0. The van der Waals surface area contributed by atoms with Crippen molar-refractivity contribution in [3.8, 4) is 11.5 Å². The molecule has 21 heavy (non-hydrogen) atoms. The predicted octanol–water partition coefficient (Wildman–Crippen LogP) is 2.04. The standard InChI is InChI=1S/C14H18N4O3/c1-3-20-11-6-5-9(7-12(11)21-4-2)16-14(19)10-8-13(15)18-17-10/h5-8H,3-4H2,1-2H3,(H,16,19)(H3,15,17,18). The summed E-state index contributed by atoms with van der Waals surface area (Å²) in [6.45, 7) is 4.83. The van der Waals surface area contributed by atoms with E-state index >= 15 is 0 Å². The first kappa shape index (κ1) is 14.7. The van der Waals surface area contributed by atoms with Gasteiger partial charge >= 0.3 is 0 Å². The summed E-state index contributed by atoms with van der Waals surface area (Å²) in [7, 11) is 0. The summed E-state index contributed by atoms with van der Waals surface area (Å²) in [6.07, 6.45) is 0. The second-order valence-corrected chi connectivity index (χ2v) is 4.19. The average molecular weight is 290 g/mol. The molecule has 0 saturated heterocycles. The Bertz CT molecular complexity index is 624. The number of carbonyl (C=O) groups is 1. The van der Waals surface area contributed by atoms with Gasteiger partial charge < -0.3 is 20.5 Å². The van der Waals surface area contributed by atoms with Crippen LogP contribution >= 0.6 is 0 Å².